The Morgan fingerprint density at radius 3 is 2.65 bits per heavy atom. The second-order valence-corrected chi connectivity index (χ2v) is 6.93. The lowest BCUT2D eigenvalue weighted by atomic mass is 9.95. The molecule has 0 spiro atoms. The molecule has 0 saturated carbocycles. The first-order valence-electron chi connectivity index (χ1n) is 7.37. The van der Waals surface area contributed by atoms with E-state index in [4.69, 9.17) is 0 Å². The van der Waals surface area contributed by atoms with Gasteiger partial charge in [-0.3, -0.25) is 4.79 Å². The third-order valence-corrected chi connectivity index (χ3v) is 4.74. The molecule has 1 amide bonds. The first kappa shape index (κ1) is 15.4. The number of carbonyl (C=O) groups is 1. The van der Waals surface area contributed by atoms with Crippen LogP contribution in [0.15, 0.2) is 0 Å². The topological polar surface area (TPSA) is 58.1 Å². The minimum Gasteiger partial charge on any atom is -0.355 e. The van der Waals surface area contributed by atoms with Gasteiger partial charge in [0, 0.05) is 24.9 Å². The van der Waals surface area contributed by atoms with Gasteiger partial charge in [0.15, 0.2) is 0 Å². The van der Waals surface area contributed by atoms with E-state index in [2.05, 4.69) is 34.3 Å². The lowest BCUT2D eigenvalue weighted by Gasteiger charge is -2.33. The summed E-state index contributed by atoms with van der Waals surface area (Å²) in [4.78, 5) is 14.5. The predicted molar refractivity (Wildman–Crippen MR) is 80.8 cm³/mol. The first-order valence-corrected chi connectivity index (χ1v) is 8.18. The van der Waals surface area contributed by atoms with Crippen LogP contribution in [-0.4, -0.2) is 46.7 Å². The molecule has 0 bridgehead atoms. The van der Waals surface area contributed by atoms with Gasteiger partial charge in [0.25, 0.3) is 0 Å². The van der Waals surface area contributed by atoms with Crippen LogP contribution in [0.1, 0.15) is 36.7 Å². The number of nitrogens with one attached hydrogen (secondary N) is 1. The van der Waals surface area contributed by atoms with Crippen LogP contribution in [0, 0.1) is 12.8 Å². The molecule has 1 aliphatic rings. The van der Waals surface area contributed by atoms with E-state index in [0.717, 1.165) is 42.4 Å². The predicted octanol–water partition coefficient (Wildman–Crippen LogP) is 1.63. The van der Waals surface area contributed by atoms with Crippen LogP contribution < -0.4 is 5.32 Å². The van der Waals surface area contributed by atoms with Crippen molar-refractivity contribution in [3.8, 4) is 0 Å². The number of amides is 1. The summed E-state index contributed by atoms with van der Waals surface area (Å²) in [6.07, 6.45) is 2.73. The molecule has 1 N–H and O–H groups in total. The van der Waals surface area contributed by atoms with Gasteiger partial charge < -0.3 is 10.2 Å². The zero-order valence-corrected chi connectivity index (χ0v) is 13.4. The van der Waals surface area contributed by atoms with Crippen molar-refractivity contribution < 1.29 is 4.79 Å². The zero-order chi connectivity index (χ0) is 14.5. The van der Waals surface area contributed by atoms with Gasteiger partial charge in [0.1, 0.15) is 10.0 Å². The second-order valence-electron chi connectivity index (χ2n) is 5.66. The number of aromatic nitrogens is 2. The molecule has 1 fully saturated rings. The van der Waals surface area contributed by atoms with Gasteiger partial charge in [-0.05, 0) is 46.7 Å². The number of rotatable bonds is 5. The maximum atomic E-state index is 12.1. The Hall–Kier alpha value is -1.01. The molecule has 112 valence electrons. The fourth-order valence-electron chi connectivity index (χ4n) is 2.55. The molecular weight excluding hydrogens is 272 g/mol. The molecule has 0 atom stereocenters. The summed E-state index contributed by atoms with van der Waals surface area (Å²) in [6.45, 7) is 9.10. The summed E-state index contributed by atoms with van der Waals surface area (Å²) < 4.78 is 0. The van der Waals surface area contributed by atoms with E-state index in [0.29, 0.717) is 12.6 Å². The van der Waals surface area contributed by atoms with E-state index in [1.165, 1.54) is 0 Å². The van der Waals surface area contributed by atoms with Gasteiger partial charge in [0.05, 0.1) is 0 Å². The molecule has 1 aromatic rings. The van der Waals surface area contributed by atoms with E-state index in [1.807, 2.05) is 6.92 Å². The monoisotopic (exact) mass is 296 g/mol. The van der Waals surface area contributed by atoms with Crippen molar-refractivity contribution in [2.24, 2.45) is 5.92 Å². The highest BCUT2D eigenvalue weighted by molar-refractivity contribution is 7.11. The Balaban J connectivity index is 1.68. The maximum absolute atomic E-state index is 12.1. The van der Waals surface area contributed by atoms with Gasteiger partial charge in [-0.2, -0.15) is 0 Å². The van der Waals surface area contributed by atoms with Crippen molar-refractivity contribution in [1.29, 1.82) is 0 Å². The van der Waals surface area contributed by atoms with Crippen LogP contribution in [0.25, 0.3) is 0 Å². The Morgan fingerprint density at radius 2 is 2.10 bits per heavy atom. The van der Waals surface area contributed by atoms with Crippen molar-refractivity contribution in [2.45, 2.75) is 46.1 Å². The van der Waals surface area contributed by atoms with Crippen molar-refractivity contribution in [1.82, 2.24) is 20.4 Å². The number of carbonyl (C=O) groups excluding carboxylic acids is 1. The second kappa shape index (κ2) is 7.13. The number of likely N-dealkylation sites (tertiary alicyclic amines) is 1. The molecule has 0 aromatic carbocycles. The fourth-order valence-corrected chi connectivity index (χ4v) is 3.26. The van der Waals surface area contributed by atoms with Crippen LogP contribution in [0.2, 0.25) is 0 Å². The van der Waals surface area contributed by atoms with Crippen molar-refractivity contribution in [3.05, 3.63) is 10.0 Å². The summed E-state index contributed by atoms with van der Waals surface area (Å²) >= 11 is 1.60. The molecule has 2 rings (SSSR count). The largest absolute Gasteiger partial charge is 0.355 e. The van der Waals surface area contributed by atoms with E-state index in [-0.39, 0.29) is 11.8 Å². The molecule has 1 aromatic heterocycles. The molecular formula is C14H24N4OS. The first-order chi connectivity index (χ1) is 9.56. The van der Waals surface area contributed by atoms with E-state index in [1.54, 1.807) is 11.3 Å². The van der Waals surface area contributed by atoms with E-state index >= 15 is 0 Å². The van der Waals surface area contributed by atoms with Gasteiger partial charge in [-0.25, -0.2) is 0 Å². The Labute approximate surface area is 124 Å². The molecule has 2 heterocycles. The average molecular weight is 296 g/mol. The number of nitrogens with zero attached hydrogens (tertiary/aromatic N) is 3. The minimum absolute atomic E-state index is 0.182. The molecule has 6 heteroatoms. The fraction of sp³-hybridized carbons (Fsp3) is 0.786. The highest BCUT2D eigenvalue weighted by Gasteiger charge is 2.25. The van der Waals surface area contributed by atoms with Crippen molar-refractivity contribution in [2.75, 3.05) is 19.6 Å². The molecule has 5 nitrogen and oxygen atoms in total. The van der Waals surface area contributed by atoms with Gasteiger partial charge >= 0.3 is 0 Å². The summed E-state index contributed by atoms with van der Waals surface area (Å²) in [6, 6.07) is 0.583. The number of piperidine rings is 1. The van der Waals surface area contributed by atoms with Crippen LogP contribution in [0.3, 0.4) is 0 Å². The molecule has 0 unspecified atom stereocenters. The van der Waals surface area contributed by atoms with E-state index < -0.39 is 0 Å². The summed E-state index contributed by atoms with van der Waals surface area (Å²) in [5, 5.41) is 13.1. The maximum Gasteiger partial charge on any atom is 0.223 e. The van der Waals surface area contributed by atoms with Crippen molar-refractivity contribution >= 4 is 17.2 Å². The normalized spacial score (nSPS) is 17.6. The number of hydrogen-bond donors (Lipinski definition) is 1. The van der Waals surface area contributed by atoms with Gasteiger partial charge in [-0.15, -0.1) is 21.5 Å². The van der Waals surface area contributed by atoms with Crippen LogP contribution >= 0.6 is 11.3 Å². The number of aryl methyl sites for hydroxylation is 1. The Morgan fingerprint density at radius 1 is 1.40 bits per heavy atom. The Kier molecular flexibility index (Phi) is 5.48. The quantitative estimate of drug-likeness (QED) is 0.897. The lowest BCUT2D eigenvalue weighted by molar-refractivity contribution is -0.126. The molecule has 0 aliphatic carbocycles. The third kappa shape index (κ3) is 4.24. The number of hydrogen-bond acceptors (Lipinski definition) is 5. The highest BCUT2D eigenvalue weighted by atomic mass is 32.1. The average Bonchev–Trinajstić information content (AvgIpc) is 2.84. The molecule has 20 heavy (non-hydrogen) atoms. The Bertz CT molecular complexity index is 438. The van der Waals surface area contributed by atoms with Crippen molar-refractivity contribution in [3.63, 3.8) is 0 Å². The van der Waals surface area contributed by atoms with Crippen LogP contribution in [0.4, 0.5) is 0 Å². The molecule has 1 aliphatic heterocycles. The summed E-state index contributed by atoms with van der Waals surface area (Å²) in [7, 11) is 0. The van der Waals surface area contributed by atoms with Crippen LogP contribution in [-0.2, 0) is 11.2 Å². The lowest BCUT2D eigenvalue weighted by Crippen LogP contribution is -2.43. The third-order valence-electron chi connectivity index (χ3n) is 3.84. The highest BCUT2D eigenvalue weighted by Crippen LogP contribution is 2.19. The molecule has 0 radical (unpaired) electrons. The van der Waals surface area contributed by atoms with Gasteiger partial charge in [0.2, 0.25) is 5.91 Å². The summed E-state index contributed by atoms with van der Waals surface area (Å²) in [5.74, 6) is 0.385. The molecule has 1 saturated heterocycles. The smallest absolute Gasteiger partial charge is 0.223 e. The van der Waals surface area contributed by atoms with Gasteiger partial charge in [-0.1, -0.05) is 0 Å². The summed E-state index contributed by atoms with van der Waals surface area (Å²) in [5.41, 5.74) is 0. The van der Waals surface area contributed by atoms with Crippen LogP contribution in [0.5, 0.6) is 0 Å². The SMILES string of the molecule is Cc1nnc(CCNC(=O)C2CCN(C(C)C)CC2)s1. The zero-order valence-electron chi connectivity index (χ0n) is 12.6. The van der Waals surface area contributed by atoms with E-state index in [9.17, 15) is 4.79 Å². The minimum atomic E-state index is 0.182. The standard InChI is InChI=1S/C14H24N4OS/c1-10(2)18-8-5-12(6-9-18)14(19)15-7-4-13-17-16-11(3)20-13/h10,12H,4-9H2,1-3H3,(H,15,19).